The van der Waals surface area contributed by atoms with Gasteiger partial charge in [0.1, 0.15) is 12.0 Å². The van der Waals surface area contributed by atoms with E-state index in [1.807, 2.05) is 47.7 Å². The molecule has 4 heterocycles. The fraction of sp³-hybridized carbons (Fsp3) is 0.150. The minimum atomic E-state index is -0.274. The van der Waals surface area contributed by atoms with Crippen LogP contribution in [-0.2, 0) is 12.5 Å². The van der Waals surface area contributed by atoms with Gasteiger partial charge >= 0.3 is 0 Å². The van der Waals surface area contributed by atoms with Gasteiger partial charge in [-0.3, -0.25) is 4.90 Å². The van der Waals surface area contributed by atoms with Gasteiger partial charge in [0.25, 0.3) is 0 Å². The molecule has 0 fully saturated rings. The molecule has 0 saturated heterocycles. The van der Waals surface area contributed by atoms with Crippen LogP contribution < -0.4 is 9.47 Å². The molecule has 0 bridgehead atoms. The minimum absolute atomic E-state index is 0.274. The summed E-state index contributed by atoms with van der Waals surface area (Å²) in [5.74, 6) is 1.91. The molecule has 224 valence electrons. The summed E-state index contributed by atoms with van der Waals surface area (Å²) in [7, 11) is 2.15. The van der Waals surface area contributed by atoms with Crippen molar-refractivity contribution in [2.24, 2.45) is 7.05 Å². The molecule has 8 rings (SSSR count). The zero-order valence-corrected chi connectivity index (χ0v) is 27.4. The SMILES string of the molecule is Cc1ccc(-c2c(C)ccc3sc4c(c23)C(C)(C)c2ccccc2N4c2nc(-c3ccccc3)nc(-c3ccccc3)n2)[n+](C)c1. The Hall–Kier alpha value is -5.20. The average Bonchev–Trinajstić information content (AvgIpc) is 3.46. The summed E-state index contributed by atoms with van der Waals surface area (Å²) >= 11 is 1.81. The fourth-order valence-electron chi connectivity index (χ4n) is 6.89. The quantitative estimate of drug-likeness (QED) is 0.185. The third kappa shape index (κ3) is 4.44. The molecule has 0 atom stereocenters. The Balaban J connectivity index is 1.46. The summed E-state index contributed by atoms with van der Waals surface area (Å²) in [5, 5.41) is 2.44. The maximum absolute atomic E-state index is 5.20. The number of para-hydroxylation sites is 1. The van der Waals surface area contributed by atoms with E-state index in [0.717, 1.165) is 21.8 Å². The molecular weight excluding hydrogens is 583 g/mol. The number of aromatic nitrogens is 4. The zero-order valence-electron chi connectivity index (χ0n) is 26.6. The van der Waals surface area contributed by atoms with Crippen LogP contribution in [0.3, 0.4) is 0 Å². The maximum atomic E-state index is 5.20. The van der Waals surface area contributed by atoms with Crippen molar-refractivity contribution in [2.75, 3.05) is 4.90 Å². The van der Waals surface area contributed by atoms with Crippen molar-refractivity contribution in [3.8, 4) is 34.0 Å². The third-order valence-corrected chi connectivity index (χ3v) is 10.3. The molecule has 1 aliphatic rings. The van der Waals surface area contributed by atoms with Gasteiger partial charge in [-0.2, -0.15) is 9.97 Å². The Bertz CT molecular complexity index is 2210. The van der Waals surface area contributed by atoms with Crippen LogP contribution >= 0.6 is 11.3 Å². The van der Waals surface area contributed by atoms with Gasteiger partial charge in [0.05, 0.1) is 11.3 Å². The molecule has 0 amide bonds. The van der Waals surface area contributed by atoms with Crippen LogP contribution in [0.2, 0.25) is 0 Å². The summed E-state index contributed by atoms with van der Waals surface area (Å²) in [6.07, 6.45) is 2.21. The first-order valence-corrected chi connectivity index (χ1v) is 16.4. The number of benzene rings is 4. The lowest BCUT2D eigenvalue weighted by atomic mass is 9.73. The van der Waals surface area contributed by atoms with Crippen LogP contribution in [0.4, 0.5) is 16.6 Å². The smallest absolute Gasteiger partial charge is 0.239 e. The second-order valence-electron chi connectivity index (χ2n) is 12.6. The van der Waals surface area contributed by atoms with Crippen molar-refractivity contribution in [3.05, 3.63) is 138 Å². The van der Waals surface area contributed by atoms with Crippen molar-refractivity contribution in [1.82, 2.24) is 15.0 Å². The number of hydrogen-bond acceptors (Lipinski definition) is 5. The van der Waals surface area contributed by atoms with Gasteiger partial charge in [-0.05, 0) is 43.2 Å². The number of thiophene rings is 1. The van der Waals surface area contributed by atoms with Crippen molar-refractivity contribution < 1.29 is 4.57 Å². The predicted octanol–water partition coefficient (Wildman–Crippen LogP) is 9.64. The lowest BCUT2D eigenvalue weighted by molar-refractivity contribution is -0.660. The normalized spacial score (nSPS) is 13.5. The first-order valence-electron chi connectivity index (χ1n) is 15.6. The zero-order chi connectivity index (χ0) is 31.6. The Morgan fingerprint density at radius 1 is 0.696 bits per heavy atom. The maximum Gasteiger partial charge on any atom is 0.239 e. The van der Waals surface area contributed by atoms with Gasteiger partial charge in [0.2, 0.25) is 11.6 Å². The van der Waals surface area contributed by atoms with Crippen LogP contribution in [0.1, 0.15) is 36.1 Å². The molecule has 0 N–H and O–H groups in total. The molecule has 1 aliphatic heterocycles. The highest BCUT2D eigenvalue weighted by atomic mass is 32.1. The Morgan fingerprint density at radius 3 is 1.98 bits per heavy atom. The molecule has 7 aromatic rings. The van der Waals surface area contributed by atoms with E-state index < -0.39 is 0 Å². The Morgan fingerprint density at radius 2 is 1.33 bits per heavy atom. The summed E-state index contributed by atoms with van der Waals surface area (Å²) in [6, 6.07) is 38.1. The number of anilines is 3. The number of hydrogen-bond donors (Lipinski definition) is 0. The van der Waals surface area contributed by atoms with Crippen molar-refractivity contribution in [2.45, 2.75) is 33.1 Å². The van der Waals surface area contributed by atoms with Crippen LogP contribution in [0.25, 0.3) is 44.1 Å². The van der Waals surface area contributed by atoms with Crippen LogP contribution in [0, 0.1) is 13.8 Å². The molecule has 4 aromatic carbocycles. The molecule has 0 saturated carbocycles. The molecule has 0 spiro atoms. The van der Waals surface area contributed by atoms with E-state index in [4.69, 9.17) is 15.0 Å². The van der Waals surface area contributed by atoms with Gasteiger partial charge in [-0.1, -0.05) is 98.8 Å². The van der Waals surface area contributed by atoms with Gasteiger partial charge in [-0.15, -0.1) is 11.3 Å². The summed E-state index contributed by atoms with van der Waals surface area (Å²) in [6.45, 7) is 9.08. The molecule has 0 aliphatic carbocycles. The number of fused-ring (bicyclic) bond motifs is 4. The lowest BCUT2D eigenvalue weighted by Crippen LogP contribution is -2.32. The van der Waals surface area contributed by atoms with Crippen LogP contribution in [0.5, 0.6) is 0 Å². The second-order valence-corrected chi connectivity index (χ2v) is 13.6. The molecule has 5 nitrogen and oxygen atoms in total. The van der Waals surface area contributed by atoms with E-state index in [-0.39, 0.29) is 5.41 Å². The molecule has 6 heteroatoms. The van der Waals surface area contributed by atoms with E-state index in [9.17, 15) is 0 Å². The largest absolute Gasteiger partial charge is 0.269 e. The minimum Gasteiger partial charge on any atom is -0.269 e. The molecular formula is C40H34N5S+. The highest BCUT2D eigenvalue weighted by molar-refractivity contribution is 7.23. The standard InChI is InChI=1S/C40H34N5S/c1-25-20-22-31(44(5)24-25)33-26(2)21-23-32-34(33)35-38(46-32)45(30-19-13-12-18-29(30)40(35,3)4)39-42-36(27-14-8-6-9-15-27)41-37(43-39)28-16-10-7-11-17-28/h6-24H,1-5H3/q+1. The third-order valence-electron chi connectivity index (χ3n) is 9.12. The van der Waals surface area contributed by atoms with Crippen LogP contribution in [0.15, 0.2) is 115 Å². The lowest BCUT2D eigenvalue weighted by Gasteiger charge is -2.39. The monoisotopic (exact) mass is 616 g/mol. The Labute approximate surface area is 273 Å². The fourth-order valence-corrected chi connectivity index (χ4v) is 8.27. The van der Waals surface area contributed by atoms with E-state index in [1.54, 1.807) is 0 Å². The van der Waals surface area contributed by atoms with E-state index in [1.165, 1.54) is 43.6 Å². The van der Waals surface area contributed by atoms with E-state index in [2.05, 4.69) is 123 Å². The van der Waals surface area contributed by atoms with E-state index in [0.29, 0.717) is 17.6 Å². The number of rotatable bonds is 4. The number of nitrogens with zero attached hydrogens (tertiary/aromatic N) is 5. The molecule has 0 radical (unpaired) electrons. The van der Waals surface area contributed by atoms with Crippen molar-refractivity contribution in [3.63, 3.8) is 0 Å². The highest BCUT2D eigenvalue weighted by Crippen LogP contribution is 2.58. The highest BCUT2D eigenvalue weighted by Gasteiger charge is 2.42. The first-order chi connectivity index (χ1) is 22.3. The van der Waals surface area contributed by atoms with Gasteiger partial charge in [0, 0.05) is 43.8 Å². The van der Waals surface area contributed by atoms with Crippen molar-refractivity contribution >= 4 is 38.1 Å². The van der Waals surface area contributed by atoms with Crippen molar-refractivity contribution in [1.29, 1.82) is 0 Å². The second kappa shape index (κ2) is 10.7. The topological polar surface area (TPSA) is 45.8 Å². The van der Waals surface area contributed by atoms with Gasteiger partial charge in [0.15, 0.2) is 17.8 Å². The molecule has 3 aromatic heterocycles. The average molecular weight is 617 g/mol. The molecule has 0 unspecified atom stereocenters. The Kier molecular flexibility index (Phi) is 6.59. The summed E-state index contributed by atoms with van der Waals surface area (Å²) < 4.78 is 3.50. The van der Waals surface area contributed by atoms with Gasteiger partial charge in [-0.25, -0.2) is 9.55 Å². The summed E-state index contributed by atoms with van der Waals surface area (Å²) in [5.41, 5.74) is 10.2. The predicted molar refractivity (Wildman–Crippen MR) is 189 cm³/mol. The molecule has 46 heavy (non-hydrogen) atoms. The summed E-state index contributed by atoms with van der Waals surface area (Å²) in [4.78, 5) is 17.7. The van der Waals surface area contributed by atoms with Crippen LogP contribution in [-0.4, -0.2) is 15.0 Å². The number of pyridine rings is 1. The number of aryl methyl sites for hydroxylation is 3. The first kappa shape index (κ1) is 28.3. The van der Waals surface area contributed by atoms with E-state index >= 15 is 0 Å². The van der Waals surface area contributed by atoms with Gasteiger partial charge < -0.3 is 0 Å².